The minimum Gasteiger partial charge on any atom is -0.316 e. The van der Waals surface area contributed by atoms with E-state index in [-0.39, 0.29) is 5.91 Å². The van der Waals surface area contributed by atoms with E-state index in [0.717, 1.165) is 31.6 Å². The van der Waals surface area contributed by atoms with Crippen LogP contribution >= 0.6 is 0 Å². The van der Waals surface area contributed by atoms with Crippen molar-refractivity contribution in [2.75, 3.05) is 18.0 Å². The second-order valence-electron chi connectivity index (χ2n) is 5.31. The molecule has 2 fully saturated rings. The summed E-state index contributed by atoms with van der Waals surface area (Å²) in [6.07, 6.45) is 2.82. The number of carbonyl (C=O) groups is 1. The van der Waals surface area contributed by atoms with Gasteiger partial charge in [0.2, 0.25) is 5.91 Å². The predicted octanol–water partition coefficient (Wildman–Crippen LogP) is 1.96. The smallest absolute Gasteiger partial charge is 0.227 e. The van der Waals surface area contributed by atoms with Crippen LogP contribution in [-0.4, -0.2) is 25.0 Å². The molecular formula is C15H20N2O. The van der Waals surface area contributed by atoms with Gasteiger partial charge in [-0.25, -0.2) is 0 Å². The molecular weight excluding hydrogens is 224 g/mol. The van der Waals surface area contributed by atoms with Gasteiger partial charge in [-0.05, 0) is 37.1 Å². The molecule has 0 aliphatic carbocycles. The van der Waals surface area contributed by atoms with Crippen LogP contribution in [0.5, 0.6) is 0 Å². The summed E-state index contributed by atoms with van der Waals surface area (Å²) in [5.74, 6) is 0.787. The molecule has 1 N–H and O–H groups in total. The van der Waals surface area contributed by atoms with Gasteiger partial charge in [-0.15, -0.1) is 0 Å². The highest BCUT2D eigenvalue weighted by Crippen LogP contribution is 2.34. The number of piperidine rings is 1. The van der Waals surface area contributed by atoms with Crippen molar-refractivity contribution in [1.82, 2.24) is 5.32 Å². The van der Waals surface area contributed by atoms with Crippen molar-refractivity contribution in [2.24, 2.45) is 5.92 Å². The summed E-state index contributed by atoms with van der Waals surface area (Å²) in [4.78, 5) is 14.2. The van der Waals surface area contributed by atoms with E-state index in [1.54, 1.807) is 0 Å². The van der Waals surface area contributed by atoms with Crippen molar-refractivity contribution in [3.05, 3.63) is 29.8 Å². The summed E-state index contributed by atoms with van der Waals surface area (Å²) >= 11 is 0. The van der Waals surface area contributed by atoms with Crippen LogP contribution in [0.4, 0.5) is 5.69 Å². The van der Waals surface area contributed by atoms with Gasteiger partial charge in [0.05, 0.1) is 0 Å². The molecule has 18 heavy (non-hydrogen) atoms. The topological polar surface area (TPSA) is 32.3 Å². The van der Waals surface area contributed by atoms with Gasteiger partial charge in [-0.2, -0.15) is 0 Å². The average Bonchev–Trinajstić information content (AvgIpc) is 2.75. The summed E-state index contributed by atoms with van der Waals surface area (Å²) in [5, 5.41) is 3.39. The maximum absolute atomic E-state index is 12.2. The fraction of sp³-hybridized carbons (Fsp3) is 0.533. The second-order valence-corrected chi connectivity index (χ2v) is 5.31. The normalized spacial score (nSPS) is 27.4. The standard InChI is InChI=1S/C15H20N2O/c1-2-11-3-5-13(6-4-11)17-14-7-8-16-10-12(14)9-15(17)18/h3-6,12,14,16H,2,7-10H2,1H3. The minimum atomic E-state index is 0.290. The number of rotatable bonds is 2. The molecule has 0 bridgehead atoms. The number of nitrogens with zero attached hydrogens (tertiary/aromatic N) is 1. The molecule has 2 aliphatic rings. The van der Waals surface area contributed by atoms with Crippen molar-refractivity contribution in [3.8, 4) is 0 Å². The lowest BCUT2D eigenvalue weighted by atomic mass is 9.94. The highest BCUT2D eigenvalue weighted by Gasteiger charge is 2.41. The molecule has 2 unspecified atom stereocenters. The Morgan fingerprint density at radius 2 is 2.11 bits per heavy atom. The zero-order chi connectivity index (χ0) is 12.5. The first kappa shape index (κ1) is 11.7. The van der Waals surface area contributed by atoms with E-state index in [0.29, 0.717) is 18.4 Å². The molecule has 0 aromatic heterocycles. The predicted molar refractivity (Wildman–Crippen MR) is 72.7 cm³/mol. The number of carbonyl (C=O) groups excluding carboxylic acids is 1. The molecule has 96 valence electrons. The van der Waals surface area contributed by atoms with Crippen LogP contribution < -0.4 is 10.2 Å². The number of aryl methyl sites for hydroxylation is 1. The molecule has 2 atom stereocenters. The van der Waals surface area contributed by atoms with Crippen LogP contribution in [0.3, 0.4) is 0 Å². The van der Waals surface area contributed by atoms with Crippen molar-refractivity contribution < 1.29 is 4.79 Å². The molecule has 3 heteroatoms. The summed E-state index contributed by atoms with van der Waals surface area (Å²) in [5.41, 5.74) is 2.40. The van der Waals surface area contributed by atoms with Crippen molar-refractivity contribution >= 4 is 11.6 Å². The van der Waals surface area contributed by atoms with Crippen LogP contribution in [0.15, 0.2) is 24.3 Å². The maximum atomic E-state index is 12.2. The highest BCUT2D eigenvalue weighted by molar-refractivity contribution is 5.96. The van der Waals surface area contributed by atoms with Crippen LogP contribution in [0.25, 0.3) is 0 Å². The SMILES string of the molecule is CCc1ccc(N2C(=O)CC3CNCCC32)cc1. The third-order valence-corrected chi connectivity index (χ3v) is 4.23. The number of nitrogens with one attached hydrogen (secondary N) is 1. The Balaban J connectivity index is 1.87. The first-order valence-electron chi connectivity index (χ1n) is 6.91. The first-order valence-corrected chi connectivity index (χ1v) is 6.91. The molecule has 0 saturated carbocycles. The molecule has 2 saturated heterocycles. The number of fused-ring (bicyclic) bond motifs is 1. The van der Waals surface area contributed by atoms with Gasteiger partial charge in [0, 0.05) is 30.6 Å². The highest BCUT2D eigenvalue weighted by atomic mass is 16.2. The van der Waals surface area contributed by atoms with Gasteiger partial charge < -0.3 is 10.2 Å². The molecule has 2 heterocycles. The zero-order valence-electron chi connectivity index (χ0n) is 10.9. The number of anilines is 1. The lowest BCUT2D eigenvalue weighted by Crippen LogP contribution is -2.44. The van der Waals surface area contributed by atoms with E-state index in [9.17, 15) is 4.79 Å². The fourth-order valence-corrected chi connectivity index (χ4v) is 3.19. The molecule has 1 aromatic rings. The number of hydrogen-bond acceptors (Lipinski definition) is 2. The number of benzene rings is 1. The van der Waals surface area contributed by atoms with Crippen LogP contribution in [0, 0.1) is 5.92 Å². The third-order valence-electron chi connectivity index (χ3n) is 4.23. The van der Waals surface area contributed by atoms with Crippen LogP contribution in [0.2, 0.25) is 0 Å². The summed E-state index contributed by atoms with van der Waals surface area (Å²) in [6.45, 7) is 4.16. The Morgan fingerprint density at radius 3 is 2.83 bits per heavy atom. The maximum Gasteiger partial charge on any atom is 0.227 e. The van der Waals surface area contributed by atoms with Gasteiger partial charge in [-0.3, -0.25) is 4.79 Å². The van der Waals surface area contributed by atoms with E-state index in [1.165, 1.54) is 5.56 Å². The van der Waals surface area contributed by atoms with Crippen molar-refractivity contribution in [3.63, 3.8) is 0 Å². The lowest BCUT2D eigenvalue weighted by Gasteiger charge is -2.32. The summed E-state index contributed by atoms with van der Waals surface area (Å²) in [6, 6.07) is 8.88. The largest absolute Gasteiger partial charge is 0.316 e. The molecule has 2 aliphatic heterocycles. The van der Waals surface area contributed by atoms with E-state index < -0.39 is 0 Å². The van der Waals surface area contributed by atoms with Gasteiger partial charge in [0.1, 0.15) is 0 Å². The summed E-state index contributed by atoms with van der Waals surface area (Å²) in [7, 11) is 0. The quantitative estimate of drug-likeness (QED) is 0.862. The Kier molecular flexibility index (Phi) is 3.08. The van der Waals surface area contributed by atoms with E-state index in [4.69, 9.17) is 0 Å². The van der Waals surface area contributed by atoms with Gasteiger partial charge in [-0.1, -0.05) is 19.1 Å². The van der Waals surface area contributed by atoms with Crippen molar-refractivity contribution in [2.45, 2.75) is 32.2 Å². The molecule has 3 rings (SSSR count). The third kappa shape index (κ3) is 1.93. The number of hydrogen-bond donors (Lipinski definition) is 1. The minimum absolute atomic E-state index is 0.290. The van der Waals surface area contributed by atoms with E-state index in [1.807, 2.05) is 4.90 Å². The molecule has 0 radical (unpaired) electrons. The Labute approximate surface area is 108 Å². The van der Waals surface area contributed by atoms with Crippen LogP contribution in [0.1, 0.15) is 25.3 Å². The fourth-order valence-electron chi connectivity index (χ4n) is 3.19. The van der Waals surface area contributed by atoms with E-state index in [2.05, 4.69) is 36.5 Å². The number of amides is 1. The molecule has 3 nitrogen and oxygen atoms in total. The molecule has 1 aromatic carbocycles. The van der Waals surface area contributed by atoms with Gasteiger partial charge in [0.15, 0.2) is 0 Å². The van der Waals surface area contributed by atoms with Gasteiger partial charge in [0.25, 0.3) is 0 Å². The van der Waals surface area contributed by atoms with Crippen LogP contribution in [-0.2, 0) is 11.2 Å². The van der Waals surface area contributed by atoms with Gasteiger partial charge >= 0.3 is 0 Å². The lowest BCUT2D eigenvalue weighted by molar-refractivity contribution is -0.117. The monoisotopic (exact) mass is 244 g/mol. The first-order chi connectivity index (χ1) is 8.79. The average molecular weight is 244 g/mol. The molecule has 1 amide bonds. The molecule has 0 spiro atoms. The Morgan fingerprint density at radius 1 is 1.33 bits per heavy atom. The summed E-state index contributed by atoms with van der Waals surface area (Å²) < 4.78 is 0. The van der Waals surface area contributed by atoms with E-state index >= 15 is 0 Å². The zero-order valence-corrected chi connectivity index (χ0v) is 10.9. The Bertz CT molecular complexity index is 440. The van der Waals surface area contributed by atoms with Crippen molar-refractivity contribution in [1.29, 1.82) is 0 Å². The second kappa shape index (κ2) is 4.73. The Hall–Kier alpha value is -1.35.